The molecule has 0 aromatic carbocycles. The molecule has 6 atom stereocenters. The minimum Gasteiger partial charge on any atom is -0.344 e. The van der Waals surface area contributed by atoms with E-state index in [-0.39, 0.29) is 5.79 Å². The van der Waals surface area contributed by atoms with Crippen LogP contribution in [-0.4, -0.2) is 43.0 Å². The van der Waals surface area contributed by atoms with Crippen molar-refractivity contribution in [2.45, 2.75) is 218 Å². The van der Waals surface area contributed by atoms with Crippen molar-refractivity contribution in [2.24, 2.45) is 11.8 Å². The van der Waals surface area contributed by atoms with Crippen molar-refractivity contribution < 1.29 is 9.47 Å². The number of unbranched alkanes of at least 4 members (excludes halogenated alkanes) is 18. The maximum absolute atomic E-state index is 7.06. The first-order valence-corrected chi connectivity index (χ1v) is 21.7. The molecule has 1 saturated heterocycles. The minimum absolute atomic E-state index is 0.315. The Morgan fingerprint density at radius 3 is 1.39 bits per heavy atom. The van der Waals surface area contributed by atoms with Crippen molar-refractivity contribution in [1.82, 2.24) is 4.90 Å². The topological polar surface area (TPSA) is 21.7 Å². The predicted octanol–water partition coefficient (Wildman–Crippen LogP) is 13.8. The summed E-state index contributed by atoms with van der Waals surface area (Å²) in [5.74, 6) is 1.05. The minimum atomic E-state index is -0.315. The molecule has 0 amide bonds. The fraction of sp³-hybridized carbons (Fsp3) is 0.826. The van der Waals surface area contributed by atoms with Gasteiger partial charge in [0, 0.05) is 24.8 Å². The zero-order valence-corrected chi connectivity index (χ0v) is 33.1. The van der Waals surface area contributed by atoms with Gasteiger partial charge in [-0.3, -0.25) is 0 Å². The van der Waals surface area contributed by atoms with Gasteiger partial charge in [0.15, 0.2) is 5.79 Å². The summed E-state index contributed by atoms with van der Waals surface area (Å²) in [6.45, 7) is 4.56. The van der Waals surface area contributed by atoms with Crippen molar-refractivity contribution in [3.05, 3.63) is 48.6 Å². The van der Waals surface area contributed by atoms with Crippen molar-refractivity contribution in [3.63, 3.8) is 0 Å². The van der Waals surface area contributed by atoms with E-state index in [4.69, 9.17) is 9.47 Å². The Morgan fingerprint density at radius 1 is 0.490 bits per heavy atom. The fourth-order valence-corrected chi connectivity index (χ4v) is 8.78. The summed E-state index contributed by atoms with van der Waals surface area (Å²) in [6.07, 6.45) is 55.6. The Labute approximate surface area is 305 Å². The number of rotatable bonds is 31. The average molecular weight is 680 g/mol. The van der Waals surface area contributed by atoms with Gasteiger partial charge in [0.25, 0.3) is 0 Å². The van der Waals surface area contributed by atoms with Crippen LogP contribution in [0.5, 0.6) is 0 Å². The predicted molar refractivity (Wildman–Crippen MR) is 214 cm³/mol. The molecule has 1 unspecified atom stereocenters. The van der Waals surface area contributed by atoms with Gasteiger partial charge < -0.3 is 14.4 Å². The van der Waals surface area contributed by atoms with Crippen molar-refractivity contribution in [2.75, 3.05) is 14.1 Å². The van der Waals surface area contributed by atoms with Gasteiger partial charge >= 0.3 is 0 Å². The van der Waals surface area contributed by atoms with E-state index < -0.39 is 0 Å². The van der Waals surface area contributed by atoms with Crippen LogP contribution in [0.2, 0.25) is 0 Å². The molecule has 2 bridgehead atoms. The van der Waals surface area contributed by atoms with Gasteiger partial charge in [0.1, 0.15) is 0 Å². The van der Waals surface area contributed by atoms with Gasteiger partial charge in [0.05, 0.1) is 12.2 Å². The van der Waals surface area contributed by atoms with E-state index in [0.29, 0.717) is 30.1 Å². The first kappa shape index (κ1) is 42.3. The molecule has 3 aliphatic rings. The van der Waals surface area contributed by atoms with Crippen molar-refractivity contribution in [1.29, 1.82) is 0 Å². The number of ether oxygens (including phenoxy) is 2. The SMILES string of the molecule is CCCCCC=CCC=CCCCCCCCCC1(CCCCCCC=CCC=CCCCCCCC)O[C@@H]2[C@@H]3C[C@H]([C@@H]2O1)[C@H](N(C)C)C3. The van der Waals surface area contributed by atoms with Crippen LogP contribution < -0.4 is 0 Å². The average Bonchev–Trinajstić information content (AvgIpc) is 3.79. The molecule has 0 spiro atoms. The van der Waals surface area contributed by atoms with Crippen LogP contribution in [-0.2, 0) is 9.47 Å². The quantitative estimate of drug-likeness (QED) is 0.0538. The fourth-order valence-electron chi connectivity index (χ4n) is 8.78. The Balaban J connectivity index is 1.28. The molecule has 3 fully saturated rings. The van der Waals surface area contributed by atoms with Gasteiger partial charge in [-0.15, -0.1) is 0 Å². The molecule has 0 N–H and O–H groups in total. The van der Waals surface area contributed by atoms with Crippen LogP contribution in [0.4, 0.5) is 0 Å². The Kier molecular flexibility index (Phi) is 22.9. The monoisotopic (exact) mass is 680 g/mol. The van der Waals surface area contributed by atoms with Crippen LogP contribution in [0.1, 0.15) is 194 Å². The molecular formula is C46H81NO2. The molecule has 2 aliphatic carbocycles. The highest BCUT2D eigenvalue weighted by molar-refractivity contribution is 5.09. The molecule has 2 saturated carbocycles. The van der Waals surface area contributed by atoms with E-state index in [1.54, 1.807) is 0 Å². The lowest BCUT2D eigenvalue weighted by Crippen LogP contribution is -2.43. The first-order chi connectivity index (χ1) is 24.1. The summed E-state index contributed by atoms with van der Waals surface area (Å²) in [5, 5.41) is 0. The van der Waals surface area contributed by atoms with E-state index >= 15 is 0 Å². The van der Waals surface area contributed by atoms with Gasteiger partial charge in [0.2, 0.25) is 0 Å². The van der Waals surface area contributed by atoms with Gasteiger partial charge in [-0.2, -0.15) is 0 Å². The molecule has 1 heterocycles. The maximum Gasteiger partial charge on any atom is 0.169 e. The second-order valence-electron chi connectivity index (χ2n) is 16.2. The highest BCUT2D eigenvalue weighted by Gasteiger charge is 2.62. The van der Waals surface area contributed by atoms with E-state index in [2.05, 4.69) is 81.5 Å². The van der Waals surface area contributed by atoms with Gasteiger partial charge in [-0.25, -0.2) is 0 Å². The summed E-state index contributed by atoms with van der Waals surface area (Å²) in [7, 11) is 4.52. The van der Waals surface area contributed by atoms with E-state index in [1.165, 1.54) is 154 Å². The van der Waals surface area contributed by atoms with E-state index in [1.807, 2.05) is 0 Å². The third-order valence-corrected chi connectivity index (χ3v) is 11.7. The van der Waals surface area contributed by atoms with Crippen LogP contribution in [0.25, 0.3) is 0 Å². The third kappa shape index (κ3) is 16.8. The molecule has 3 heteroatoms. The van der Waals surface area contributed by atoms with Crippen LogP contribution in [0.3, 0.4) is 0 Å². The number of hydrogen-bond acceptors (Lipinski definition) is 3. The van der Waals surface area contributed by atoms with E-state index in [0.717, 1.165) is 25.7 Å². The normalized spacial score (nSPS) is 26.7. The summed E-state index contributed by atoms with van der Waals surface area (Å²) < 4.78 is 14.1. The number of nitrogens with zero attached hydrogens (tertiary/aromatic N) is 1. The van der Waals surface area contributed by atoms with Crippen molar-refractivity contribution in [3.8, 4) is 0 Å². The molecule has 0 aromatic rings. The molecule has 3 rings (SSSR count). The largest absolute Gasteiger partial charge is 0.344 e. The number of hydrogen-bond donors (Lipinski definition) is 0. The van der Waals surface area contributed by atoms with Crippen LogP contribution in [0.15, 0.2) is 48.6 Å². The second-order valence-corrected chi connectivity index (χ2v) is 16.2. The lowest BCUT2D eigenvalue weighted by Gasteiger charge is -2.33. The zero-order valence-electron chi connectivity index (χ0n) is 33.1. The highest BCUT2D eigenvalue weighted by Crippen LogP contribution is 2.55. The third-order valence-electron chi connectivity index (χ3n) is 11.7. The highest BCUT2D eigenvalue weighted by atomic mass is 16.8. The summed E-state index contributed by atoms with van der Waals surface area (Å²) in [5.41, 5.74) is 0. The van der Waals surface area contributed by atoms with Crippen LogP contribution in [0, 0.1) is 11.8 Å². The lowest BCUT2D eigenvalue weighted by molar-refractivity contribution is -0.196. The zero-order chi connectivity index (χ0) is 34.8. The van der Waals surface area contributed by atoms with Gasteiger partial charge in [-0.05, 0) is 110 Å². The molecule has 1 aliphatic heterocycles. The Bertz CT molecular complexity index is 920. The van der Waals surface area contributed by atoms with Crippen molar-refractivity contribution >= 4 is 0 Å². The maximum atomic E-state index is 7.06. The standard InChI is InChI=1S/C46H81NO2/c1-5-7-9-11-13-15-17-19-21-23-25-27-29-31-33-35-37-46(48-44-41-39-42(45(44)49-46)43(40-41)47(3)4)38-36-34-32-30-28-26-24-22-20-18-16-14-12-10-8-6-2/h13,15,18-21,24,26,41-45H,5-12,14,16-17,22-23,25,27-40H2,1-4H3/t41-,42+,43-,44-,45+,46?/m1/s1. The number of fused-ring (bicyclic) bond motifs is 5. The van der Waals surface area contributed by atoms with Gasteiger partial charge in [-0.1, -0.05) is 140 Å². The van der Waals surface area contributed by atoms with Crippen LogP contribution >= 0.6 is 0 Å². The molecule has 0 aromatic heterocycles. The first-order valence-electron chi connectivity index (χ1n) is 21.7. The second kappa shape index (κ2) is 26.6. The van der Waals surface area contributed by atoms with E-state index in [9.17, 15) is 0 Å². The summed E-state index contributed by atoms with van der Waals surface area (Å²) >= 11 is 0. The molecule has 282 valence electrons. The Morgan fingerprint density at radius 2 is 0.898 bits per heavy atom. The molecule has 0 radical (unpaired) electrons. The molecule has 3 nitrogen and oxygen atoms in total. The summed E-state index contributed by atoms with van der Waals surface area (Å²) in [4.78, 5) is 2.45. The number of allylic oxidation sites excluding steroid dienone is 8. The molecule has 49 heavy (non-hydrogen) atoms. The lowest BCUT2D eigenvalue weighted by atomic mass is 9.90. The summed E-state index contributed by atoms with van der Waals surface area (Å²) in [6, 6.07) is 0.673. The Hall–Kier alpha value is -1.16. The molecular weight excluding hydrogens is 599 g/mol. The smallest absolute Gasteiger partial charge is 0.169 e.